The number of hydrogen-bond donors (Lipinski definition) is 1. The lowest BCUT2D eigenvalue weighted by Gasteiger charge is -2.44. The smallest absolute Gasteiger partial charge is 0.0599 e. The molecule has 0 aromatic heterocycles. The van der Waals surface area contributed by atoms with E-state index in [9.17, 15) is 0 Å². The molecule has 2 heteroatoms. The van der Waals surface area contributed by atoms with E-state index in [1.165, 1.54) is 64.5 Å². The van der Waals surface area contributed by atoms with E-state index >= 15 is 0 Å². The fraction of sp³-hybridized carbons (Fsp3) is 1.00. The summed E-state index contributed by atoms with van der Waals surface area (Å²) in [4.78, 5) is 0. The van der Waals surface area contributed by atoms with Crippen molar-refractivity contribution in [2.75, 3.05) is 20.2 Å². The van der Waals surface area contributed by atoms with E-state index in [2.05, 4.69) is 19.2 Å². The first-order chi connectivity index (χ1) is 9.22. The van der Waals surface area contributed by atoms with Gasteiger partial charge in [-0.05, 0) is 82.2 Å². The molecule has 2 rings (SSSR count). The predicted octanol–water partition coefficient (Wildman–Crippen LogP) is 4.00. The van der Waals surface area contributed by atoms with Crippen LogP contribution in [0.5, 0.6) is 0 Å². The van der Waals surface area contributed by atoms with Crippen molar-refractivity contribution >= 4 is 0 Å². The number of nitrogens with one attached hydrogen (secondary N) is 1. The van der Waals surface area contributed by atoms with Crippen LogP contribution in [0.25, 0.3) is 0 Å². The maximum absolute atomic E-state index is 5.77. The van der Waals surface area contributed by atoms with E-state index in [-0.39, 0.29) is 0 Å². The highest BCUT2D eigenvalue weighted by molar-refractivity contribution is 4.90. The van der Waals surface area contributed by atoms with Gasteiger partial charge in [0.25, 0.3) is 0 Å². The van der Waals surface area contributed by atoms with E-state index < -0.39 is 0 Å². The van der Waals surface area contributed by atoms with Crippen molar-refractivity contribution < 1.29 is 4.74 Å². The van der Waals surface area contributed by atoms with E-state index in [1.54, 1.807) is 0 Å². The minimum atomic E-state index is 0.396. The molecule has 0 amide bonds. The zero-order chi connectivity index (χ0) is 13.7. The van der Waals surface area contributed by atoms with Crippen LogP contribution in [0.3, 0.4) is 0 Å². The summed E-state index contributed by atoms with van der Waals surface area (Å²) in [5.41, 5.74) is 0.411. The lowest BCUT2D eigenvalue weighted by molar-refractivity contribution is -0.0279. The molecule has 0 aromatic carbocycles. The Balaban J connectivity index is 2.04. The molecule has 19 heavy (non-hydrogen) atoms. The van der Waals surface area contributed by atoms with Crippen LogP contribution in [-0.2, 0) is 4.74 Å². The molecule has 2 aliphatic rings. The van der Waals surface area contributed by atoms with Crippen LogP contribution in [0.4, 0.5) is 0 Å². The standard InChI is InChI=1S/C17H33NO/c1-4-9-17(14(2)19-3)10-7-15-5-6-16(15)8-12-18-13-11-17/h14-16,18H,4-13H2,1-3H3. The van der Waals surface area contributed by atoms with Crippen molar-refractivity contribution in [3.63, 3.8) is 0 Å². The minimum Gasteiger partial charge on any atom is -0.381 e. The molecule has 0 radical (unpaired) electrons. The van der Waals surface area contributed by atoms with Crippen LogP contribution in [0.1, 0.15) is 65.2 Å². The molecule has 0 aromatic rings. The Morgan fingerprint density at radius 3 is 2.47 bits per heavy atom. The molecule has 4 atom stereocenters. The van der Waals surface area contributed by atoms with Crippen molar-refractivity contribution in [1.29, 1.82) is 0 Å². The molecule has 1 saturated heterocycles. The highest BCUT2D eigenvalue weighted by Crippen LogP contribution is 2.46. The zero-order valence-electron chi connectivity index (χ0n) is 13.2. The summed E-state index contributed by atoms with van der Waals surface area (Å²) in [5.74, 6) is 2.03. The summed E-state index contributed by atoms with van der Waals surface area (Å²) in [7, 11) is 1.89. The van der Waals surface area contributed by atoms with Crippen LogP contribution in [0.2, 0.25) is 0 Å². The van der Waals surface area contributed by atoms with Crippen molar-refractivity contribution in [3.05, 3.63) is 0 Å². The average Bonchev–Trinajstić information content (AvgIpc) is 2.39. The predicted molar refractivity (Wildman–Crippen MR) is 81.4 cm³/mol. The van der Waals surface area contributed by atoms with Gasteiger partial charge in [0.1, 0.15) is 0 Å². The van der Waals surface area contributed by atoms with Gasteiger partial charge >= 0.3 is 0 Å². The Bertz CT molecular complexity index is 268. The average molecular weight is 267 g/mol. The topological polar surface area (TPSA) is 21.3 Å². The lowest BCUT2D eigenvalue weighted by Crippen LogP contribution is -2.41. The first-order valence-corrected chi connectivity index (χ1v) is 8.45. The van der Waals surface area contributed by atoms with Gasteiger partial charge in [-0.1, -0.05) is 13.3 Å². The molecule has 1 aliphatic carbocycles. The van der Waals surface area contributed by atoms with Gasteiger partial charge in [0.2, 0.25) is 0 Å². The molecular formula is C17H33NO. The Morgan fingerprint density at radius 2 is 1.84 bits per heavy atom. The van der Waals surface area contributed by atoms with E-state index in [1.807, 2.05) is 7.11 Å². The van der Waals surface area contributed by atoms with Crippen LogP contribution in [0, 0.1) is 17.3 Å². The quantitative estimate of drug-likeness (QED) is 0.831. The van der Waals surface area contributed by atoms with Gasteiger partial charge in [0.15, 0.2) is 0 Å². The first kappa shape index (κ1) is 15.3. The summed E-state index contributed by atoms with van der Waals surface area (Å²) in [6.45, 7) is 7.01. The maximum Gasteiger partial charge on any atom is 0.0599 e. The third-order valence-corrected chi connectivity index (χ3v) is 6.04. The largest absolute Gasteiger partial charge is 0.381 e. The summed E-state index contributed by atoms with van der Waals surface area (Å²) >= 11 is 0. The Hall–Kier alpha value is -0.0800. The fourth-order valence-electron chi connectivity index (χ4n) is 4.35. The Labute approximate surface area is 119 Å². The summed E-state index contributed by atoms with van der Waals surface area (Å²) in [5, 5.41) is 3.68. The van der Waals surface area contributed by atoms with Gasteiger partial charge in [-0.2, -0.15) is 0 Å². The minimum absolute atomic E-state index is 0.396. The molecule has 4 unspecified atom stereocenters. The molecular weight excluding hydrogens is 234 g/mol. The zero-order valence-corrected chi connectivity index (χ0v) is 13.2. The summed E-state index contributed by atoms with van der Waals surface area (Å²) in [6.07, 6.45) is 11.5. The third kappa shape index (κ3) is 3.52. The molecule has 112 valence electrons. The van der Waals surface area contributed by atoms with Crippen LogP contribution in [-0.4, -0.2) is 26.3 Å². The summed E-state index contributed by atoms with van der Waals surface area (Å²) in [6, 6.07) is 0. The van der Waals surface area contributed by atoms with Gasteiger partial charge < -0.3 is 10.1 Å². The highest BCUT2D eigenvalue weighted by Gasteiger charge is 2.38. The molecule has 2 nitrogen and oxygen atoms in total. The molecule has 1 heterocycles. The number of rotatable bonds is 4. The van der Waals surface area contributed by atoms with E-state index in [4.69, 9.17) is 4.74 Å². The molecule has 1 aliphatic heterocycles. The maximum atomic E-state index is 5.77. The van der Waals surface area contributed by atoms with Crippen LogP contribution < -0.4 is 5.32 Å². The van der Waals surface area contributed by atoms with Crippen molar-refractivity contribution in [2.24, 2.45) is 17.3 Å². The van der Waals surface area contributed by atoms with Gasteiger partial charge in [-0.15, -0.1) is 0 Å². The van der Waals surface area contributed by atoms with Gasteiger partial charge in [0, 0.05) is 7.11 Å². The Morgan fingerprint density at radius 1 is 1.11 bits per heavy atom. The SMILES string of the molecule is CCCC1(C(C)OC)CCNCCC2CCC2CC1. The second kappa shape index (κ2) is 7.08. The number of methoxy groups -OCH3 is 1. The highest BCUT2D eigenvalue weighted by atomic mass is 16.5. The molecule has 1 saturated carbocycles. The van der Waals surface area contributed by atoms with Gasteiger partial charge in [-0.3, -0.25) is 0 Å². The fourth-order valence-corrected chi connectivity index (χ4v) is 4.35. The van der Waals surface area contributed by atoms with E-state index in [0.29, 0.717) is 11.5 Å². The van der Waals surface area contributed by atoms with Gasteiger partial charge in [0.05, 0.1) is 6.10 Å². The number of ether oxygens (including phenoxy) is 1. The van der Waals surface area contributed by atoms with Gasteiger partial charge in [-0.25, -0.2) is 0 Å². The molecule has 2 fully saturated rings. The van der Waals surface area contributed by atoms with E-state index in [0.717, 1.165) is 11.8 Å². The molecule has 0 spiro atoms. The molecule has 0 bridgehead atoms. The first-order valence-electron chi connectivity index (χ1n) is 8.45. The second-order valence-corrected chi connectivity index (χ2v) is 6.92. The third-order valence-electron chi connectivity index (χ3n) is 6.04. The van der Waals surface area contributed by atoms with Crippen LogP contribution >= 0.6 is 0 Å². The van der Waals surface area contributed by atoms with Crippen molar-refractivity contribution in [1.82, 2.24) is 5.32 Å². The number of hydrogen-bond acceptors (Lipinski definition) is 2. The summed E-state index contributed by atoms with van der Waals surface area (Å²) < 4.78 is 5.77. The van der Waals surface area contributed by atoms with Crippen molar-refractivity contribution in [3.8, 4) is 0 Å². The Kier molecular flexibility index (Phi) is 5.70. The van der Waals surface area contributed by atoms with Crippen molar-refractivity contribution in [2.45, 2.75) is 71.3 Å². The lowest BCUT2D eigenvalue weighted by atomic mass is 9.64. The normalized spacial score (nSPS) is 38.1. The monoisotopic (exact) mass is 267 g/mol. The second-order valence-electron chi connectivity index (χ2n) is 6.92. The molecule has 1 N–H and O–H groups in total. The van der Waals surface area contributed by atoms with Crippen LogP contribution in [0.15, 0.2) is 0 Å². The number of fused-ring (bicyclic) bond motifs is 1.